The fraction of sp³-hybridized carbons (Fsp3) is 0.185. The van der Waals surface area contributed by atoms with Gasteiger partial charge in [-0.3, -0.25) is 9.69 Å². The predicted octanol–water partition coefficient (Wildman–Crippen LogP) is 6.06. The van der Waals surface area contributed by atoms with Crippen molar-refractivity contribution in [3.8, 4) is 11.5 Å². The number of amides is 1. The highest BCUT2D eigenvalue weighted by Gasteiger charge is 2.28. The normalized spacial score (nSPS) is 11.2. The van der Waals surface area contributed by atoms with E-state index in [9.17, 15) is 17.6 Å². The second-order valence-electron chi connectivity index (χ2n) is 8.23. The van der Waals surface area contributed by atoms with Gasteiger partial charge in [-0.05, 0) is 64.0 Å². The first-order valence-corrected chi connectivity index (χ1v) is 13.9. The summed E-state index contributed by atoms with van der Waals surface area (Å²) >= 11 is 3.12. The maximum atomic E-state index is 14.5. The number of ether oxygens (including phenoxy) is 2. The van der Waals surface area contributed by atoms with Crippen molar-refractivity contribution in [2.24, 2.45) is 0 Å². The summed E-state index contributed by atoms with van der Waals surface area (Å²) in [6.07, 6.45) is 1.40. The number of rotatable bonds is 10. The summed E-state index contributed by atoms with van der Waals surface area (Å²) in [6, 6.07) is 16.7. The highest BCUT2D eigenvalue weighted by atomic mass is 79.9. The van der Waals surface area contributed by atoms with Crippen LogP contribution in [-0.4, -0.2) is 33.7 Å². The molecule has 0 bridgehead atoms. The smallest absolute Gasteiger partial charge is 0.265 e. The molecule has 3 aromatic carbocycles. The molecule has 0 saturated carbocycles. The number of carbonyl (C=O) groups is 1. The quantitative estimate of drug-likeness (QED) is 0.213. The summed E-state index contributed by atoms with van der Waals surface area (Å²) in [5.41, 5.74) is 1.22. The first-order chi connectivity index (χ1) is 18.7. The third-order valence-corrected chi connectivity index (χ3v) is 8.23. The molecule has 39 heavy (non-hydrogen) atoms. The SMILES string of the molecule is CCC(=O)N(c1ccc(S(=O)(=O)N(Cc2ccc(OC)cc2)c2ccon2)cc1)c1cc(F)c(Br)cc1OC. The monoisotopic (exact) mass is 617 g/mol. The maximum Gasteiger partial charge on any atom is 0.265 e. The van der Waals surface area contributed by atoms with Crippen LogP contribution in [0.2, 0.25) is 0 Å². The van der Waals surface area contributed by atoms with Gasteiger partial charge >= 0.3 is 0 Å². The molecule has 0 fully saturated rings. The van der Waals surface area contributed by atoms with Crippen LogP contribution in [0, 0.1) is 5.82 Å². The van der Waals surface area contributed by atoms with Crippen molar-refractivity contribution in [2.75, 3.05) is 23.4 Å². The van der Waals surface area contributed by atoms with Crippen LogP contribution in [0.15, 0.2) is 86.9 Å². The molecule has 9 nitrogen and oxygen atoms in total. The first kappa shape index (κ1) is 28.1. The van der Waals surface area contributed by atoms with E-state index in [1.165, 1.54) is 60.7 Å². The summed E-state index contributed by atoms with van der Waals surface area (Å²) in [5, 5.41) is 3.83. The lowest BCUT2D eigenvalue weighted by Crippen LogP contribution is -2.31. The average Bonchev–Trinajstić information content (AvgIpc) is 3.48. The Kier molecular flexibility index (Phi) is 8.56. The van der Waals surface area contributed by atoms with Gasteiger partial charge in [0, 0.05) is 24.2 Å². The number of aromatic nitrogens is 1. The van der Waals surface area contributed by atoms with Crippen LogP contribution in [0.3, 0.4) is 0 Å². The largest absolute Gasteiger partial charge is 0.497 e. The number of carbonyl (C=O) groups excluding carboxylic acids is 1. The highest BCUT2D eigenvalue weighted by molar-refractivity contribution is 9.10. The molecule has 204 valence electrons. The molecule has 1 amide bonds. The van der Waals surface area contributed by atoms with Gasteiger partial charge in [0.1, 0.15) is 23.6 Å². The zero-order valence-corrected chi connectivity index (χ0v) is 23.7. The Labute approximate surface area is 233 Å². The summed E-state index contributed by atoms with van der Waals surface area (Å²) in [5.74, 6) is 0.0833. The molecule has 0 saturated heterocycles. The van der Waals surface area contributed by atoms with Crippen LogP contribution < -0.4 is 18.7 Å². The minimum atomic E-state index is -4.11. The van der Waals surface area contributed by atoms with Gasteiger partial charge in [0.05, 0.1) is 35.8 Å². The van der Waals surface area contributed by atoms with E-state index in [1.807, 2.05) is 0 Å². The summed E-state index contributed by atoms with van der Waals surface area (Å²) in [6.45, 7) is 1.65. The van der Waals surface area contributed by atoms with Crippen molar-refractivity contribution in [1.29, 1.82) is 0 Å². The van der Waals surface area contributed by atoms with Crippen molar-refractivity contribution in [3.63, 3.8) is 0 Å². The van der Waals surface area contributed by atoms with Crippen molar-refractivity contribution < 1.29 is 31.6 Å². The lowest BCUT2D eigenvalue weighted by atomic mass is 10.2. The van der Waals surface area contributed by atoms with Crippen molar-refractivity contribution in [3.05, 3.63) is 88.8 Å². The number of halogens is 2. The van der Waals surface area contributed by atoms with E-state index in [4.69, 9.17) is 14.0 Å². The molecule has 0 unspecified atom stereocenters. The van der Waals surface area contributed by atoms with Crippen LogP contribution in [0.25, 0.3) is 0 Å². The summed E-state index contributed by atoms with van der Waals surface area (Å²) < 4.78 is 58.7. The molecule has 12 heteroatoms. The van der Waals surface area contributed by atoms with Gasteiger partial charge in [0.15, 0.2) is 5.82 Å². The number of nitrogens with zero attached hydrogens (tertiary/aromatic N) is 3. The standard InChI is InChI=1S/C27H25BrFN3O6S/c1-4-27(33)32(24-16-23(29)22(28)15-25(24)37-3)19-7-11-21(12-8-19)39(34,35)31(26-13-14-38-30-26)17-18-5-9-20(36-2)10-6-18/h5-16H,4,17H2,1-3H3. The second-order valence-corrected chi connectivity index (χ2v) is 10.9. The number of sulfonamides is 1. The number of methoxy groups -OCH3 is 2. The Hall–Kier alpha value is -3.90. The molecular weight excluding hydrogens is 593 g/mol. The van der Waals surface area contributed by atoms with E-state index in [2.05, 4.69) is 21.1 Å². The van der Waals surface area contributed by atoms with Crippen LogP contribution in [-0.2, 0) is 21.4 Å². The molecule has 0 radical (unpaired) electrons. The van der Waals surface area contributed by atoms with E-state index in [1.54, 1.807) is 38.3 Å². The Morgan fingerprint density at radius 2 is 1.72 bits per heavy atom. The Balaban J connectivity index is 1.72. The minimum Gasteiger partial charge on any atom is -0.497 e. The van der Waals surface area contributed by atoms with Gasteiger partial charge in [-0.15, -0.1) is 0 Å². The number of hydrogen-bond acceptors (Lipinski definition) is 7. The molecule has 0 aliphatic rings. The number of benzene rings is 3. The van der Waals surface area contributed by atoms with Crippen molar-refractivity contribution in [2.45, 2.75) is 24.8 Å². The maximum absolute atomic E-state index is 14.5. The molecule has 0 spiro atoms. The van der Waals surface area contributed by atoms with E-state index < -0.39 is 15.8 Å². The highest BCUT2D eigenvalue weighted by Crippen LogP contribution is 2.38. The third kappa shape index (κ3) is 5.91. The molecule has 1 aromatic heterocycles. The van der Waals surface area contributed by atoms with E-state index >= 15 is 0 Å². The fourth-order valence-electron chi connectivity index (χ4n) is 3.85. The van der Waals surface area contributed by atoms with Gasteiger partial charge in [-0.2, -0.15) is 0 Å². The molecule has 4 rings (SSSR count). The van der Waals surface area contributed by atoms with Crippen LogP contribution in [0.5, 0.6) is 11.5 Å². The van der Waals surface area contributed by atoms with Crippen LogP contribution >= 0.6 is 15.9 Å². The van der Waals surface area contributed by atoms with Crippen molar-refractivity contribution in [1.82, 2.24) is 5.16 Å². The van der Waals surface area contributed by atoms with E-state index in [0.717, 1.165) is 4.31 Å². The molecule has 1 heterocycles. The Bertz CT molecular complexity index is 1550. The lowest BCUT2D eigenvalue weighted by Gasteiger charge is -2.26. The molecule has 0 aliphatic heterocycles. The predicted molar refractivity (Wildman–Crippen MR) is 147 cm³/mol. The second kappa shape index (κ2) is 11.9. The third-order valence-electron chi connectivity index (χ3n) is 5.86. The average molecular weight is 618 g/mol. The van der Waals surface area contributed by atoms with E-state index in [-0.39, 0.29) is 45.5 Å². The molecule has 0 N–H and O–H groups in total. The topological polar surface area (TPSA) is 102 Å². The van der Waals surface area contributed by atoms with Gasteiger partial charge in [0.25, 0.3) is 10.0 Å². The summed E-state index contributed by atoms with van der Waals surface area (Å²) in [7, 11) is -1.15. The van der Waals surface area contributed by atoms with Crippen molar-refractivity contribution >= 4 is 49.1 Å². The molecule has 4 aromatic rings. The fourth-order valence-corrected chi connectivity index (χ4v) is 5.56. The van der Waals surface area contributed by atoms with Gasteiger partial charge in [-0.1, -0.05) is 24.2 Å². The van der Waals surface area contributed by atoms with E-state index in [0.29, 0.717) is 17.0 Å². The summed E-state index contributed by atoms with van der Waals surface area (Å²) in [4.78, 5) is 14.2. The van der Waals surface area contributed by atoms with Gasteiger partial charge < -0.3 is 14.0 Å². The zero-order valence-electron chi connectivity index (χ0n) is 21.3. The molecular formula is C27H25BrFN3O6S. The zero-order chi connectivity index (χ0) is 28.2. The van der Waals surface area contributed by atoms with Gasteiger partial charge in [0.2, 0.25) is 5.91 Å². The lowest BCUT2D eigenvalue weighted by molar-refractivity contribution is -0.117. The minimum absolute atomic E-state index is 0.0174. The number of hydrogen-bond donors (Lipinski definition) is 0. The Morgan fingerprint density at radius 1 is 1.03 bits per heavy atom. The van der Waals surface area contributed by atoms with Gasteiger partial charge in [-0.25, -0.2) is 17.1 Å². The first-order valence-electron chi connectivity index (χ1n) is 11.7. The molecule has 0 aliphatic carbocycles. The van der Waals surface area contributed by atoms with Crippen LogP contribution in [0.1, 0.15) is 18.9 Å². The molecule has 0 atom stereocenters. The number of anilines is 3. The Morgan fingerprint density at radius 3 is 2.28 bits per heavy atom. The van der Waals surface area contributed by atoms with Crippen LogP contribution in [0.4, 0.5) is 21.6 Å².